The van der Waals surface area contributed by atoms with Crippen molar-refractivity contribution in [3.63, 3.8) is 0 Å². The second-order valence-electron chi connectivity index (χ2n) is 3.84. The molecule has 0 bridgehead atoms. The van der Waals surface area contributed by atoms with E-state index in [-0.39, 0.29) is 0 Å². The number of hydrogen-bond donors (Lipinski definition) is 1. The van der Waals surface area contributed by atoms with Crippen molar-refractivity contribution in [2.45, 2.75) is 37.5 Å². The standard InChI is InChI=1S/C12H18O3S/c1-4-5-9(2)11-7-6-10(16(13)14)8-12(11)15-3/h6-9H,4-5H2,1-3H3,(H,13,14). The molecule has 0 aliphatic rings. The Morgan fingerprint density at radius 3 is 2.69 bits per heavy atom. The van der Waals surface area contributed by atoms with Gasteiger partial charge in [-0.3, -0.25) is 0 Å². The Kier molecular flexibility index (Phi) is 4.96. The average molecular weight is 242 g/mol. The molecule has 1 aromatic rings. The van der Waals surface area contributed by atoms with Gasteiger partial charge in [0.1, 0.15) is 5.75 Å². The van der Waals surface area contributed by atoms with Crippen molar-refractivity contribution in [1.29, 1.82) is 0 Å². The zero-order chi connectivity index (χ0) is 12.1. The molecule has 4 heteroatoms. The van der Waals surface area contributed by atoms with Gasteiger partial charge in [-0.15, -0.1) is 0 Å². The van der Waals surface area contributed by atoms with Crippen LogP contribution in [0, 0.1) is 0 Å². The predicted molar refractivity (Wildman–Crippen MR) is 65.4 cm³/mol. The summed E-state index contributed by atoms with van der Waals surface area (Å²) in [5.41, 5.74) is 1.10. The molecule has 0 amide bonds. The van der Waals surface area contributed by atoms with Gasteiger partial charge in [-0.1, -0.05) is 26.3 Å². The Bertz CT molecular complexity index is 377. The van der Waals surface area contributed by atoms with Crippen molar-refractivity contribution in [3.8, 4) is 5.75 Å². The van der Waals surface area contributed by atoms with Gasteiger partial charge in [0.15, 0.2) is 11.1 Å². The van der Waals surface area contributed by atoms with E-state index in [1.165, 1.54) is 0 Å². The van der Waals surface area contributed by atoms with Crippen LogP contribution >= 0.6 is 0 Å². The molecule has 16 heavy (non-hydrogen) atoms. The SMILES string of the molecule is CCCC(C)c1ccc(S(=O)O)cc1OC. The van der Waals surface area contributed by atoms with Crippen LogP contribution in [-0.2, 0) is 11.1 Å². The molecule has 0 saturated carbocycles. The Labute approximate surface area is 99.1 Å². The summed E-state index contributed by atoms with van der Waals surface area (Å²) < 4.78 is 25.2. The maximum absolute atomic E-state index is 10.9. The predicted octanol–water partition coefficient (Wildman–Crippen LogP) is 3.18. The highest BCUT2D eigenvalue weighted by Gasteiger charge is 2.12. The summed E-state index contributed by atoms with van der Waals surface area (Å²) in [5.74, 6) is 1.10. The lowest BCUT2D eigenvalue weighted by atomic mass is 9.96. The third-order valence-corrected chi connectivity index (χ3v) is 3.32. The molecule has 90 valence electrons. The van der Waals surface area contributed by atoms with Gasteiger partial charge < -0.3 is 9.29 Å². The topological polar surface area (TPSA) is 46.5 Å². The Balaban J connectivity index is 3.06. The molecule has 1 N–H and O–H groups in total. The van der Waals surface area contributed by atoms with Crippen LogP contribution in [0.2, 0.25) is 0 Å². The summed E-state index contributed by atoms with van der Waals surface area (Å²) in [4.78, 5) is 0.379. The summed E-state index contributed by atoms with van der Waals surface area (Å²) in [6, 6.07) is 5.19. The molecule has 0 aliphatic heterocycles. The summed E-state index contributed by atoms with van der Waals surface area (Å²) >= 11 is -1.95. The highest BCUT2D eigenvalue weighted by atomic mass is 32.2. The van der Waals surface area contributed by atoms with Crippen LogP contribution in [0.25, 0.3) is 0 Å². The van der Waals surface area contributed by atoms with Gasteiger partial charge in [-0.05, 0) is 30.0 Å². The molecule has 0 aromatic heterocycles. The van der Waals surface area contributed by atoms with E-state index >= 15 is 0 Å². The molecule has 0 heterocycles. The number of rotatable bonds is 5. The van der Waals surface area contributed by atoms with E-state index in [9.17, 15) is 4.21 Å². The highest BCUT2D eigenvalue weighted by Crippen LogP contribution is 2.31. The van der Waals surface area contributed by atoms with E-state index in [1.807, 2.05) is 6.07 Å². The summed E-state index contributed by atoms with van der Waals surface area (Å²) in [7, 11) is 1.58. The number of hydrogen-bond acceptors (Lipinski definition) is 2. The average Bonchev–Trinajstić information content (AvgIpc) is 2.28. The van der Waals surface area contributed by atoms with Crippen LogP contribution in [0.15, 0.2) is 23.1 Å². The van der Waals surface area contributed by atoms with Gasteiger partial charge in [0.2, 0.25) is 0 Å². The highest BCUT2D eigenvalue weighted by molar-refractivity contribution is 7.79. The van der Waals surface area contributed by atoms with Gasteiger partial charge in [0.25, 0.3) is 0 Å². The molecular weight excluding hydrogens is 224 g/mol. The lowest BCUT2D eigenvalue weighted by Crippen LogP contribution is -1.99. The van der Waals surface area contributed by atoms with Crippen LogP contribution in [0.5, 0.6) is 5.75 Å². The van der Waals surface area contributed by atoms with E-state index < -0.39 is 11.1 Å². The monoisotopic (exact) mass is 242 g/mol. The smallest absolute Gasteiger partial charge is 0.186 e. The Morgan fingerprint density at radius 2 is 2.19 bits per heavy atom. The van der Waals surface area contributed by atoms with Crippen molar-refractivity contribution >= 4 is 11.1 Å². The zero-order valence-corrected chi connectivity index (χ0v) is 10.7. The maximum atomic E-state index is 10.9. The minimum atomic E-state index is -1.95. The van der Waals surface area contributed by atoms with E-state index in [0.29, 0.717) is 16.6 Å². The fraction of sp³-hybridized carbons (Fsp3) is 0.500. The summed E-state index contributed by atoms with van der Waals surface area (Å²) in [6.45, 7) is 4.27. The molecule has 2 unspecified atom stereocenters. The quantitative estimate of drug-likeness (QED) is 0.807. The van der Waals surface area contributed by atoms with Gasteiger partial charge in [0.05, 0.1) is 12.0 Å². The first kappa shape index (κ1) is 13.2. The van der Waals surface area contributed by atoms with E-state index in [2.05, 4.69) is 13.8 Å². The lowest BCUT2D eigenvalue weighted by Gasteiger charge is -2.15. The normalized spacial score (nSPS) is 14.5. The van der Waals surface area contributed by atoms with Crippen LogP contribution in [0.1, 0.15) is 38.2 Å². The largest absolute Gasteiger partial charge is 0.496 e. The van der Waals surface area contributed by atoms with Crippen molar-refractivity contribution in [3.05, 3.63) is 23.8 Å². The molecular formula is C12H18O3S. The maximum Gasteiger partial charge on any atom is 0.186 e. The van der Waals surface area contributed by atoms with E-state index in [4.69, 9.17) is 9.29 Å². The van der Waals surface area contributed by atoms with Crippen molar-refractivity contribution in [2.75, 3.05) is 7.11 Å². The van der Waals surface area contributed by atoms with E-state index in [0.717, 1.165) is 18.4 Å². The molecule has 2 atom stereocenters. The van der Waals surface area contributed by atoms with E-state index in [1.54, 1.807) is 19.2 Å². The number of benzene rings is 1. The lowest BCUT2D eigenvalue weighted by molar-refractivity contribution is 0.403. The van der Waals surface area contributed by atoms with Crippen LogP contribution in [-0.4, -0.2) is 15.9 Å². The van der Waals surface area contributed by atoms with Crippen LogP contribution in [0.4, 0.5) is 0 Å². The molecule has 0 fully saturated rings. The van der Waals surface area contributed by atoms with Gasteiger partial charge >= 0.3 is 0 Å². The Morgan fingerprint density at radius 1 is 1.50 bits per heavy atom. The van der Waals surface area contributed by atoms with Crippen LogP contribution < -0.4 is 4.74 Å². The molecule has 3 nitrogen and oxygen atoms in total. The molecule has 1 rings (SSSR count). The first-order valence-electron chi connectivity index (χ1n) is 5.39. The number of ether oxygens (including phenoxy) is 1. The summed E-state index contributed by atoms with van der Waals surface area (Å²) in [6.07, 6.45) is 2.19. The zero-order valence-electron chi connectivity index (χ0n) is 9.90. The fourth-order valence-electron chi connectivity index (χ4n) is 1.80. The molecule has 0 saturated heterocycles. The first-order chi connectivity index (χ1) is 7.60. The first-order valence-corrected chi connectivity index (χ1v) is 6.49. The molecule has 0 aliphatic carbocycles. The second kappa shape index (κ2) is 6.01. The second-order valence-corrected chi connectivity index (χ2v) is 4.81. The third-order valence-electron chi connectivity index (χ3n) is 2.66. The van der Waals surface area contributed by atoms with Gasteiger partial charge in [-0.25, -0.2) is 4.21 Å². The van der Waals surface area contributed by atoms with Gasteiger partial charge in [0, 0.05) is 0 Å². The van der Waals surface area contributed by atoms with Crippen molar-refractivity contribution < 1.29 is 13.5 Å². The molecule has 1 aromatic carbocycles. The molecule has 0 spiro atoms. The Hall–Kier alpha value is -0.870. The van der Waals surface area contributed by atoms with Gasteiger partial charge in [-0.2, -0.15) is 0 Å². The minimum Gasteiger partial charge on any atom is -0.496 e. The van der Waals surface area contributed by atoms with Crippen molar-refractivity contribution in [1.82, 2.24) is 0 Å². The third kappa shape index (κ3) is 3.06. The minimum absolute atomic E-state index is 0.379. The summed E-state index contributed by atoms with van der Waals surface area (Å²) in [5, 5.41) is 0. The molecule has 0 radical (unpaired) electrons. The number of methoxy groups -OCH3 is 1. The van der Waals surface area contributed by atoms with Crippen molar-refractivity contribution in [2.24, 2.45) is 0 Å². The van der Waals surface area contributed by atoms with Crippen LogP contribution in [0.3, 0.4) is 0 Å². The fourth-order valence-corrected chi connectivity index (χ4v) is 2.19.